The van der Waals surface area contributed by atoms with Gasteiger partial charge in [0.1, 0.15) is 6.61 Å². The summed E-state index contributed by atoms with van der Waals surface area (Å²) in [6.45, 7) is -0.260. The maximum atomic E-state index is 11.5. The van der Waals surface area contributed by atoms with Crippen molar-refractivity contribution >= 4 is 15.9 Å². The lowest BCUT2D eigenvalue weighted by Crippen LogP contribution is -2.38. The Hall–Kier alpha value is -1.64. The summed E-state index contributed by atoms with van der Waals surface area (Å²) in [6, 6.07) is 0. The van der Waals surface area contributed by atoms with Crippen LogP contribution in [0.2, 0.25) is 0 Å². The van der Waals surface area contributed by atoms with Crippen molar-refractivity contribution in [3.8, 4) is 0 Å². The molecular weight excluding hydrogens is 286 g/mol. The molecule has 88 valence electrons. The third-order valence-electron chi connectivity index (χ3n) is 1.84. The van der Waals surface area contributed by atoms with Crippen LogP contribution in [0, 0.1) is 10.1 Å². The molecule has 0 aliphatic rings. The van der Waals surface area contributed by atoms with E-state index in [9.17, 15) is 19.7 Å². The molecule has 1 aromatic rings. The molecule has 0 unspecified atom stereocenters. The van der Waals surface area contributed by atoms with Gasteiger partial charge in [0, 0.05) is 13.2 Å². The zero-order valence-corrected chi connectivity index (χ0v) is 9.84. The zero-order chi connectivity index (χ0) is 12.3. The Bertz CT molecular complexity index is 520. The lowest BCUT2D eigenvalue weighted by molar-refractivity contribution is -0.758. The molecule has 1 rings (SSSR count). The van der Waals surface area contributed by atoms with E-state index in [4.69, 9.17) is 0 Å². The highest BCUT2D eigenvalue weighted by Gasteiger charge is 2.06. The third-order valence-corrected chi connectivity index (χ3v) is 2.38. The highest BCUT2D eigenvalue weighted by Crippen LogP contribution is 1.98. The molecule has 0 aliphatic carbocycles. The van der Waals surface area contributed by atoms with Gasteiger partial charge in [-0.1, -0.05) is 0 Å². The second-order valence-electron chi connectivity index (χ2n) is 2.87. The van der Waals surface area contributed by atoms with Crippen LogP contribution < -0.4 is 11.2 Å². The Morgan fingerprint density at radius 2 is 2.19 bits per heavy atom. The van der Waals surface area contributed by atoms with E-state index in [2.05, 4.69) is 20.8 Å². The fraction of sp³-hybridized carbons (Fsp3) is 0.429. The predicted octanol–water partition coefficient (Wildman–Crippen LogP) is -0.482. The molecule has 0 spiro atoms. The number of nitrogens with zero attached hydrogens (tertiary/aromatic N) is 3. The fourth-order valence-corrected chi connectivity index (χ4v) is 1.57. The second-order valence-corrected chi connectivity index (χ2v) is 3.73. The van der Waals surface area contributed by atoms with Crippen LogP contribution in [-0.2, 0) is 18.4 Å². The Kier molecular flexibility index (Phi) is 3.82. The number of aromatic nitrogens is 2. The highest BCUT2D eigenvalue weighted by molar-refractivity contribution is 9.10. The summed E-state index contributed by atoms with van der Waals surface area (Å²) in [7, 11) is 1.32. The Morgan fingerprint density at radius 3 is 2.75 bits per heavy atom. The van der Waals surface area contributed by atoms with Crippen LogP contribution in [0.3, 0.4) is 0 Å². The van der Waals surface area contributed by atoms with Gasteiger partial charge in [0.2, 0.25) is 0 Å². The number of halogens is 1. The molecule has 0 saturated carbocycles. The number of hydrogen-bond donors (Lipinski definition) is 0. The van der Waals surface area contributed by atoms with Crippen LogP contribution in [0.25, 0.3) is 0 Å². The average molecular weight is 294 g/mol. The minimum absolute atomic E-state index is 0.00741. The third kappa shape index (κ3) is 2.69. The number of rotatable bonds is 4. The zero-order valence-electron chi connectivity index (χ0n) is 8.25. The van der Waals surface area contributed by atoms with Gasteiger partial charge in [0.05, 0.1) is 11.0 Å². The van der Waals surface area contributed by atoms with Gasteiger partial charge in [0.25, 0.3) is 10.6 Å². The normalized spacial score (nSPS) is 10.1. The van der Waals surface area contributed by atoms with Crippen molar-refractivity contribution in [2.75, 3.05) is 6.61 Å². The second kappa shape index (κ2) is 4.92. The lowest BCUT2D eigenvalue weighted by atomic mass is 10.5. The van der Waals surface area contributed by atoms with Crippen molar-refractivity contribution in [2.45, 2.75) is 6.54 Å². The van der Waals surface area contributed by atoms with Crippen molar-refractivity contribution in [3.63, 3.8) is 0 Å². The standard InChI is InChI=1S/C7H8BrN3O5/c1-9-6(12)5(8)4-10(7(9)13)2-3-16-11(14)15/h4H,2-3H2,1H3. The molecule has 0 N–H and O–H groups in total. The first-order valence-corrected chi connectivity index (χ1v) is 4.96. The molecular formula is C7H8BrN3O5. The summed E-state index contributed by atoms with van der Waals surface area (Å²) in [5.41, 5.74) is -1.02. The van der Waals surface area contributed by atoms with Crippen LogP contribution in [-0.4, -0.2) is 20.8 Å². The first-order chi connectivity index (χ1) is 7.43. The van der Waals surface area contributed by atoms with Crippen LogP contribution in [0.5, 0.6) is 0 Å². The van der Waals surface area contributed by atoms with Crippen molar-refractivity contribution in [1.29, 1.82) is 0 Å². The SMILES string of the molecule is Cn1c(=O)c(Br)cn(CCO[N+](=O)[O-])c1=O. The number of hydrogen-bond acceptors (Lipinski definition) is 5. The van der Waals surface area contributed by atoms with E-state index in [1.807, 2.05) is 0 Å². The molecule has 8 nitrogen and oxygen atoms in total. The van der Waals surface area contributed by atoms with Gasteiger partial charge >= 0.3 is 5.69 Å². The highest BCUT2D eigenvalue weighted by atomic mass is 79.9. The quantitative estimate of drug-likeness (QED) is 0.552. The largest absolute Gasteiger partial charge is 0.330 e. The van der Waals surface area contributed by atoms with Gasteiger partial charge in [0.15, 0.2) is 0 Å². The molecule has 9 heteroatoms. The molecule has 0 bridgehead atoms. The van der Waals surface area contributed by atoms with Gasteiger partial charge in [-0.2, -0.15) is 0 Å². The first-order valence-electron chi connectivity index (χ1n) is 4.16. The molecule has 1 aromatic heterocycles. The molecule has 0 fully saturated rings. The first kappa shape index (κ1) is 12.4. The maximum Gasteiger partial charge on any atom is 0.330 e. The van der Waals surface area contributed by atoms with E-state index >= 15 is 0 Å². The van der Waals surface area contributed by atoms with Crippen LogP contribution in [0.1, 0.15) is 0 Å². The summed E-state index contributed by atoms with van der Waals surface area (Å²) >= 11 is 2.98. The van der Waals surface area contributed by atoms with Crippen molar-refractivity contribution in [1.82, 2.24) is 9.13 Å². The summed E-state index contributed by atoms with van der Waals surface area (Å²) in [4.78, 5) is 36.7. The topological polar surface area (TPSA) is 96.4 Å². The van der Waals surface area contributed by atoms with Gasteiger partial charge in [-0.05, 0) is 15.9 Å². The van der Waals surface area contributed by atoms with Crippen molar-refractivity contribution < 1.29 is 9.92 Å². The molecule has 16 heavy (non-hydrogen) atoms. The molecule has 0 saturated heterocycles. The Labute approximate surface area is 97.3 Å². The van der Waals surface area contributed by atoms with Gasteiger partial charge in [-0.3, -0.25) is 13.9 Å². The van der Waals surface area contributed by atoms with Crippen LogP contribution >= 0.6 is 15.9 Å². The lowest BCUT2D eigenvalue weighted by Gasteiger charge is -2.06. The van der Waals surface area contributed by atoms with Gasteiger partial charge < -0.3 is 4.84 Å². The van der Waals surface area contributed by atoms with Crippen molar-refractivity contribution in [3.05, 3.63) is 41.6 Å². The Balaban J connectivity index is 2.94. The smallest absolute Gasteiger partial charge is 0.312 e. The van der Waals surface area contributed by atoms with Crippen LogP contribution in [0.15, 0.2) is 20.3 Å². The van der Waals surface area contributed by atoms with E-state index in [1.165, 1.54) is 13.2 Å². The van der Waals surface area contributed by atoms with E-state index in [0.29, 0.717) is 0 Å². The van der Waals surface area contributed by atoms with Gasteiger partial charge in [-0.15, -0.1) is 10.1 Å². The van der Waals surface area contributed by atoms with Crippen molar-refractivity contribution in [2.24, 2.45) is 7.05 Å². The minimum Gasteiger partial charge on any atom is -0.312 e. The monoisotopic (exact) mass is 293 g/mol. The fourth-order valence-electron chi connectivity index (χ4n) is 1.06. The maximum absolute atomic E-state index is 11.5. The molecule has 0 radical (unpaired) electrons. The van der Waals surface area contributed by atoms with E-state index in [1.54, 1.807) is 0 Å². The summed E-state index contributed by atoms with van der Waals surface area (Å²) in [5, 5.41) is 8.95. The molecule has 0 amide bonds. The predicted molar refractivity (Wildman–Crippen MR) is 56.6 cm³/mol. The van der Waals surface area contributed by atoms with Crippen LogP contribution in [0.4, 0.5) is 0 Å². The molecule has 0 aliphatic heterocycles. The average Bonchev–Trinajstić information content (AvgIpc) is 2.22. The summed E-state index contributed by atoms with van der Waals surface area (Å²) < 4.78 is 2.25. The molecule has 0 atom stereocenters. The Morgan fingerprint density at radius 1 is 1.56 bits per heavy atom. The van der Waals surface area contributed by atoms with Gasteiger partial charge in [-0.25, -0.2) is 4.79 Å². The molecule has 0 aromatic carbocycles. The minimum atomic E-state index is -0.942. The van der Waals surface area contributed by atoms with E-state index < -0.39 is 16.3 Å². The van der Waals surface area contributed by atoms with E-state index in [-0.39, 0.29) is 17.6 Å². The molecule has 1 heterocycles. The summed E-state index contributed by atoms with van der Waals surface area (Å²) in [6.07, 6.45) is 1.27. The van der Waals surface area contributed by atoms with E-state index in [0.717, 1.165) is 9.13 Å². The summed E-state index contributed by atoms with van der Waals surface area (Å²) in [5.74, 6) is 0.